The second kappa shape index (κ2) is 4.43. The third kappa shape index (κ3) is 1.87. The summed E-state index contributed by atoms with van der Waals surface area (Å²) in [5.74, 6) is 6.50. The Morgan fingerprint density at radius 1 is 1.33 bits per heavy atom. The normalized spacial score (nSPS) is 22.3. The zero-order valence-electron chi connectivity index (χ0n) is 9.39. The number of nitrogens with two attached hydrogens (primary N) is 2. The summed E-state index contributed by atoms with van der Waals surface area (Å²) < 4.78 is 1.30. The summed E-state index contributed by atoms with van der Waals surface area (Å²) in [5.41, 5.74) is 6.83. The lowest BCUT2D eigenvalue weighted by atomic mass is 10.1. The fourth-order valence-corrected chi connectivity index (χ4v) is 2.03. The van der Waals surface area contributed by atoms with Crippen LogP contribution in [0.3, 0.4) is 0 Å². The lowest BCUT2D eigenvalue weighted by Gasteiger charge is -2.08. The molecule has 0 saturated carbocycles. The summed E-state index contributed by atoms with van der Waals surface area (Å²) in [6.07, 6.45) is 5.20. The van der Waals surface area contributed by atoms with E-state index < -0.39 is 6.10 Å². The van der Waals surface area contributed by atoms with Gasteiger partial charge in [0.05, 0.1) is 6.10 Å². The maximum Gasteiger partial charge on any atom is 0.185 e. The van der Waals surface area contributed by atoms with Crippen molar-refractivity contribution in [3.05, 3.63) is 24.3 Å². The minimum Gasteiger partial charge on any atom is -0.389 e. The van der Waals surface area contributed by atoms with Crippen LogP contribution in [0.2, 0.25) is 0 Å². The van der Waals surface area contributed by atoms with Crippen LogP contribution >= 0.6 is 12.4 Å². The second-order valence-electron chi connectivity index (χ2n) is 4.09. The molecule has 96 valence electrons. The Bertz CT molecular complexity index is 610. The molecule has 2 heterocycles. The molecule has 0 saturated heterocycles. The average Bonchev–Trinajstić information content (AvgIpc) is 2.86. The number of aliphatic hydroxyl groups is 1. The number of fused-ring (bicyclic) bond motifs is 1. The van der Waals surface area contributed by atoms with Crippen LogP contribution in [-0.4, -0.2) is 30.8 Å². The molecule has 0 spiro atoms. The van der Waals surface area contributed by atoms with E-state index in [1.807, 2.05) is 6.08 Å². The summed E-state index contributed by atoms with van der Waals surface area (Å²) in [7, 11) is 0. The molecule has 0 unspecified atom stereocenters. The molecule has 1 aliphatic carbocycles. The Labute approximate surface area is 109 Å². The van der Waals surface area contributed by atoms with Gasteiger partial charge >= 0.3 is 0 Å². The van der Waals surface area contributed by atoms with Gasteiger partial charge in [-0.2, -0.15) is 0 Å². The van der Waals surface area contributed by atoms with Crippen molar-refractivity contribution in [3.63, 3.8) is 0 Å². The first-order valence-electron chi connectivity index (χ1n) is 5.27. The Kier molecular flexibility index (Phi) is 3.10. The van der Waals surface area contributed by atoms with Gasteiger partial charge in [-0.3, -0.25) is 0 Å². The van der Waals surface area contributed by atoms with E-state index in [-0.39, 0.29) is 18.3 Å². The SMILES string of the molecule is Cl.Nc1nc([C@H]2C=C[C@@H](O)C2)nc2ncn(N)c12. The minimum atomic E-state index is -0.437. The zero-order chi connectivity index (χ0) is 12.0. The van der Waals surface area contributed by atoms with Crippen LogP contribution in [0.15, 0.2) is 18.5 Å². The van der Waals surface area contributed by atoms with Gasteiger partial charge in [0, 0.05) is 5.92 Å². The van der Waals surface area contributed by atoms with Gasteiger partial charge < -0.3 is 16.7 Å². The number of hydrogen-bond donors (Lipinski definition) is 3. The van der Waals surface area contributed by atoms with Crippen molar-refractivity contribution in [2.75, 3.05) is 11.6 Å². The highest BCUT2D eigenvalue weighted by atomic mass is 35.5. The Morgan fingerprint density at radius 2 is 2.11 bits per heavy atom. The topological polar surface area (TPSA) is 116 Å². The molecule has 2 aromatic rings. The molecule has 0 fully saturated rings. The number of nitrogens with zero attached hydrogens (tertiary/aromatic N) is 4. The highest BCUT2D eigenvalue weighted by molar-refractivity contribution is 5.85. The van der Waals surface area contributed by atoms with Gasteiger partial charge in [0.25, 0.3) is 0 Å². The maximum atomic E-state index is 9.43. The van der Waals surface area contributed by atoms with Gasteiger partial charge in [0.1, 0.15) is 12.2 Å². The molecule has 2 aromatic heterocycles. The highest BCUT2D eigenvalue weighted by Gasteiger charge is 2.22. The molecule has 0 aliphatic heterocycles. The van der Waals surface area contributed by atoms with E-state index in [1.54, 1.807) is 6.08 Å². The molecule has 0 aromatic carbocycles. The smallest absolute Gasteiger partial charge is 0.185 e. The van der Waals surface area contributed by atoms with Gasteiger partial charge in [-0.05, 0) is 6.42 Å². The monoisotopic (exact) mass is 268 g/mol. The number of anilines is 1. The number of imidazole rings is 1. The molecule has 0 bridgehead atoms. The molecule has 2 atom stereocenters. The van der Waals surface area contributed by atoms with Crippen LogP contribution in [0.25, 0.3) is 11.2 Å². The molecular weight excluding hydrogens is 256 g/mol. The lowest BCUT2D eigenvalue weighted by molar-refractivity contribution is 0.217. The molecule has 3 rings (SSSR count). The van der Waals surface area contributed by atoms with Gasteiger partial charge in [-0.15, -0.1) is 12.4 Å². The van der Waals surface area contributed by atoms with Crippen molar-refractivity contribution in [1.29, 1.82) is 0 Å². The van der Waals surface area contributed by atoms with Crippen molar-refractivity contribution in [2.24, 2.45) is 0 Å². The second-order valence-corrected chi connectivity index (χ2v) is 4.09. The van der Waals surface area contributed by atoms with Crippen molar-refractivity contribution < 1.29 is 5.11 Å². The number of allylic oxidation sites excluding steroid dienone is 1. The van der Waals surface area contributed by atoms with E-state index >= 15 is 0 Å². The quantitative estimate of drug-likeness (QED) is 0.493. The van der Waals surface area contributed by atoms with Crippen molar-refractivity contribution >= 4 is 29.4 Å². The van der Waals surface area contributed by atoms with E-state index in [0.29, 0.717) is 29.2 Å². The molecule has 5 N–H and O–H groups in total. The molecule has 0 amide bonds. The molecular formula is C10H13ClN6O. The number of aliphatic hydroxyl groups excluding tert-OH is 1. The first-order chi connectivity index (χ1) is 8.15. The largest absolute Gasteiger partial charge is 0.389 e. The molecule has 1 aliphatic rings. The molecule has 7 nitrogen and oxygen atoms in total. The summed E-state index contributed by atoms with van der Waals surface area (Å²) in [5, 5.41) is 9.43. The summed E-state index contributed by atoms with van der Waals surface area (Å²) in [4.78, 5) is 12.6. The van der Waals surface area contributed by atoms with Crippen molar-refractivity contribution in [1.82, 2.24) is 19.6 Å². The minimum absolute atomic E-state index is 0. The third-order valence-corrected chi connectivity index (χ3v) is 2.87. The van der Waals surface area contributed by atoms with E-state index in [2.05, 4.69) is 15.0 Å². The molecule has 0 radical (unpaired) electrons. The van der Waals surface area contributed by atoms with Crippen molar-refractivity contribution in [3.8, 4) is 0 Å². The number of hydrogen-bond acceptors (Lipinski definition) is 6. The van der Waals surface area contributed by atoms with E-state index in [4.69, 9.17) is 11.6 Å². The summed E-state index contributed by atoms with van der Waals surface area (Å²) >= 11 is 0. The van der Waals surface area contributed by atoms with Crippen LogP contribution in [-0.2, 0) is 0 Å². The van der Waals surface area contributed by atoms with Crippen molar-refractivity contribution in [2.45, 2.75) is 18.4 Å². The van der Waals surface area contributed by atoms with Crippen LogP contribution in [0, 0.1) is 0 Å². The Balaban J connectivity index is 0.00000120. The Hall–Kier alpha value is -1.86. The predicted octanol–water partition coefficient (Wildman–Crippen LogP) is -0.0515. The van der Waals surface area contributed by atoms with Crippen LogP contribution in [0.5, 0.6) is 0 Å². The highest BCUT2D eigenvalue weighted by Crippen LogP contribution is 2.28. The number of halogens is 1. The lowest BCUT2D eigenvalue weighted by Crippen LogP contribution is -2.11. The third-order valence-electron chi connectivity index (χ3n) is 2.87. The predicted molar refractivity (Wildman–Crippen MR) is 69.6 cm³/mol. The summed E-state index contributed by atoms with van der Waals surface area (Å²) in [6.45, 7) is 0. The first-order valence-corrected chi connectivity index (χ1v) is 5.27. The molecule has 18 heavy (non-hydrogen) atoms. The van der Waals surface area contributed by atoms with E-state index in [0.717, 1.165) is 0 Å². The summed E-state index contributed by atoms with van der Waals surface area (Å²) in [6, 6.07) is 0. The number of aromatic nitrogens is 4. The number of nitrogen functional groups attached to an aromatic ring is 2. The Morgan fingerprint density at radius 3 is 2.78 bits per heavy atom. The van der Waals surface area contributed by atoms with Gasteiger partial charge in [-0.25, -0.2) is 19.6 Å². The average molecular weight is 269 g/mol. The van der Waals surface area contributed by atoms with Gasteiger partial charge in [0.15, 0.2) is 17.0 Å². The number of rotatable bonds is 1. The maximum absolute atomic E-state index is 9.43. The van der Waals surface area contributed by atoms with Crippen LogP contribution in [0.4, 0.5) is 5.82 Å². The van der Waals surface area contributed by atoms with Gasteiger partial charge in [-0.1, -0.05) is 12.2 Å². The molecule has 8 heteroatoms. The van der Waals surface area contributed by atoms with Crippen LogP contribution in [0.1, 0.15) is 18.2 Å². The van der Waals surface area contributed by atoms with Gasteiger partial charge in [0.2, 0.25) is 0 Å². The van der Waals surface area contributed by atoms with Crippen LogP contribution < -0.4 is 11.6 Å². The van der Waals surface area contributed by atoms with E-state index in [9.17, 15) is 5.11 Å². The fraction of sp³-hybridized carbons (Fsp3) is 0.300. The zero-order valence-corrected chi connectivity index (χ0v) is 10.2. The fourth-order valence-electron chi connectivity index (χ4n) is 2.03. The van der Waals surface area contributed by atoms with E-state index in [1.165, 1.54) is 11.0 Å². The standard InChI is InChI=1S/C10H12N6O.ClH/c11-8-7-10(13-4-16(7)12)15-9(14-8)5-1-2-6(17)3-5;/h1-2,4-6,17H,3,12H2,(H2,11,14,15);1H/t5-,6+;/m0./s1. The first kappa shape index (κ1) is 12.6.